The maximum Gasteiger partial charge on any atom is 1.00 e. The molecule has 0 unspecified atom stereocenters. The molecule has 0 rings (SSSR count). The van der Waals surface area contributed by atoms with E-state index in [-0.39, 0.29) is 70.1 Å². The Balaban J connectivity index is -0.0000000675. The summed E-state index contributed by atoms with van der Waals surface area (Å²) in [5, 5.41) is 0. The zero-order valence-electron chi connectivity index (χ0n) is 7.08. The molecule has 0 aliphatic rings. The van der Waals surface area contributed by atoms with E-state index in [4.69, 9.17) is 0 Å². The van der Waals surface area contributed by atoms with Crippen molar-refractivity contribution in [3.63, 3.8) is 0 Å². The van der Waals surface area contributed by atoms with E-state index in [1.165, 1.54) is 0 Å². The van der Waals surface area contributed by atoms with Gasteiger partial charge in [0.05, 0.1) is 0 Å². The first-order chi connectivity index (χ1) is 4.21. The Morgan fingerprint density at radius 2 is 0.857 bits per heavy atom. The van der Waals surface area contributed by atoms with E-state index in [2.05, 4.69) is 0 Å². The van der Waals surface area contributed by atoms with Crippen LogP contribution in [-0.4, -0.2) is 36.9 Å². The smallest absolute Gasteiger partial charge is 0.739 e. The number of rotatable bonds is 3. The van der Waals surface area contributed by atoms with Gasteiger partial charge in [0.15, 0.2) is 18.3 Å². The molecular weight excluding hydrogens is 302 g/mol. The van der Waals surface area contributed by atoms with E-state index >= 15 is 0 Å². The molecule has 0 aliphatic heterocycles. The summed E-state index contributed by atoms with van der Waals surface area (Å²) in [4.78, 5) is 0. The van der Waals surface area contributed by atoms with Crippen molar-refractivity contribution in [2.75, 3.05) is 0 Å². The summed E-state index contributed by atoms with van der Waals surface area (Å²) in [6.07, 6.45) is 0. The van der Waals surface area contributed by atoms with E-state index in [1.807, 2.05) is 0 Å². The third-order valence-corrected chi connectivity index (χ3v) is 6.75. The molecular formula is H4Na2O8S4. The topological polar surface area (TPSA) is 177 Å². The molecule has 0 fully saturated rings. The molecule has 0 saturated carbocycles. The van der Waals surface area contributed by atoms with Crippen molar-refractivity contribution in [3.05, 3.63) is 0 Å². The van der Waals surface area contributed by atoms with Crippen LogP contribution in [0.5, 0.6) is 0 Å². The van der Waals surface area contributed by atoms with Crippen molar-refractivity contribution in [1.82, 2.24) is 0 Å². The van der Waals surface area contributed by atoms with Gasteiger partial charge in [0.1, 0.15) is 0 Å². The first kappa shape index (κ1) is 29.9. The summed E-state index contributed by atoms with van der Waals surface area (Å²) in [5.41, 5.74) is 0. The van der Waals surface area contributed by atoms with Crippen molar-refractivity contribution in [1.29, 1.82) is 0 Å². The molecule has 0 aromatic rings. The first-order valence-electron chi connectivity index (χ1n) is 1.50. The summed E-state index contributed by atoms with van der Waals surface area (Å²) in [6.45, 7) is 0. The summed E-state index contributed by atoms with van der Waals surface area (Å²) in [5.74, 6) is 0. The molecule has 0 aliphatic carbocycles. The second-order valence-electron chi connectivity index (χ2n) is 0.953. The Morgan fingerprint density at radius 1 is 0.714 bits per heavy atom. The molecule has 0 radical (unpaired) electrons. The fourth-order valence-corrected chi connectivity index (χ4v) is 5.51. The first-order valence-corrected chi connectivity index (χ1v) is 7.50. The quantitative estimate of drug-likeness (QED) is 0.280. The van der Waals surface area contributed by atoms with Gasteiger partial charge in [-0.05, 0) is 0 Å². The number of hydrogen-bond acceptors (Lipinski definition) is 8. The van der Waals surface area contributed by atoms with Crippen LogP contribution < -0.4 is 59.1 Å². The van der Waals surface area contributed by atoms with Crippen LogP contribution in [0.1, 0.15) is 0 Å². The largest absolute Gasteiger partial charge is 1.00 e. The molecule has 0 atom stereocenters. The van der Waals surface area contributed by atoms with Crippen LogP contribution >= 0.6 is 19.7 Å². The van der Waals surface area contributed by atoms with Gasteiger partial charge in [-0.25, -0.2) is 16.8 Å². The van der Waals surface area contributed by atoms with Crippen molar-refractivity contribution in [2.45, 2.75) is 0 Å². The van der Waals surface area contributed by atoms with E-state index in [0.717, 1.165) is 0 Å². The minimum absolute atomic E-state index is 0. The van der Waals surface area contributed by atoms with E-state index in [1.54, 1.807) is 0 Å². The third kappa shape index (κ3) is 29.3. The SMILES string of the molecule is O.O.O=S(=O)([O-])SSS(=O)(=O)[O-].[Na+].[Na+]. The molecule has 0 aromatic carbocycles. The molecule has 0 aromatic heterocycles. The average molecular weight is 306 g/mol. The van der Waals surface area contributed by atoms with Gasteiger partial charge in [-0.2, -0.15) is 0 Å². The fraction of sp³-hybridized carbons (Fsp3) is 0. The van der Waals surface area contributed by atoms with Crippen molar-refractivity contribution in [2.24, 2.45) is 0 Å². The van der Waals surface area contributed by atoms with E-state index in [0.29, 0.717) is 0 Å². The normalized spacial score (nSPS) is 9.57. The maximum atomic E-state index is 9.66. The Kier molecular flexibility index (Phi) is 25.5. The average Bonchev–Trinajstić information content (AvgIpc) is 1.57. The van der Waals surface area contributed by atoms with E-state index < -0.39 is 38.0 Å². The predicted molar refractivity (Wildman–Crippen MR) is 41.8 cm³/mol. The van der Waals surface area contributed by atoms with Crippen molar-refractivity contribution in [3.8, 4) is 0 Å². The molecule has 0 saturated heterocycles. The van der Waals surface area contributed by atoms with Gasteiger partial charge < -0.3 is 20.1 Å². The van der Waals surface area contributed by atoms with Gasteiger partial charge in [-0.15, -0.1) is 0 Å². The standard InChI is InChI=1S/2Na.H2O6S4.2H2O/c;;1-9(2,3)7-8-10(4,5)6;;/h;;(H,1,2,3)(H,4,5,6);2*1H2/q2*+1;;;/p-2. The molecule has 14 heteroatoms. The van der Waals surface area contributed by atoms with Gasteiger partial charge in [-0.3, -0.25) is 0 Å². The molecule has 8 nitrogen and oxygen atoms in total. The van der Waals surface area contributed by atoms with Crippen LogP contribution in [0, 0.1) is 0 Å². The fourth-order valence-electron chi connectivity index (χ4n) is 0.0680. The second kappa shape index (κ2) is 11.9. The van der Waals surface area contributed by atoms with Crippen LogP contribution in [0.3, 0.4) is 0 Å². The van der Waals surface area contributed by atoms with Gasteiger partial charge in [-0.1, -0.05) is 0 Å². The van der Waals surface area contributed by atoms with Crippen LogP contribution in [0.2, 0.25) is 0 Å². The Labute approximate surface area is 132 Å². The van der Waals surface area contributed by atoms with Gasteiger partial charge >= 0.3 is 59.1 Å². The monoisotopic (exact) mass is 306 g/mol. The maximum absolute atomic E-state index is 9.66. The van der Waals surface area contributed by atoms with Crippen LogP contribution in [-0.2, 0) is 18.3 Å². The molecule has 0 amide bonds. The Morgan fingerprint density at radius 3 is 0.929 bits per heavy atom. The molecule has 78 valence electrons. The molecule has 0 bridgehead atoms. The van der Waals surface area contributed by atoms with Crippen LogP contribution in [0.25, 0.3) is 0 Å². The van der Waals surface area contributed by atoms with E-state index in [9.17, 15) is 25.9 Å². The Bertz CT molecular complexity index is 255. The Hall–Kier alpha value is 2.44. The third-order valence-electron chi connectivity index (χ3n) is 0.194. The molecule has 4 N–H and O–H groups in total. The molecule has 14 heavy (non-hydrogen) atoms. The van der Waals surface area contributed by atoms with Gasteiger partial charge in [0, 0.05) is 19.7 Å². The van der Waals surface area contributed by atoms with Gasteiger partial charge in [0.2, 0.25) is 0 Å². The van der Waals surface area contributed by atoms with Crippen molar-refractivity contribution >= 4 is 38.0 Å². The second-order valence-corrected chi connectivity index (χ2v) is 8.57. The number of hydrogen-bond donors (Lipinski definition) is 0. The zero-order valence-corrected chi connectivity index (χ0v) is 14.3. The summed E-state index contributed by atoms with van der Waals surface area (Å²) >= 11 is 0. The van der Waals surface area contributed by atoms with Crippen LogP contribution in [0.4, 0.5) is 0 Å². The van der Waals surface area contributed by atoms with Gasteiger partial charge in [0.25, 0.3) is 0 Å². The minimum atomic E-state index is -4.71. The molecule has 0 heterocycles. The van der Waals surface area contributed by atoms with Crippen LogP contribution in [0.15, 0.2) is 0 Å². The summed E-state index contributed by atoms with van der Waals surface area (Å²) in [7, 11) is -10.5. The minimum Gasteiger partial charge on any atom is -0.739 e. The summed E-state index contributed by atoms with van der Waals surface area (Å²) < 4.78 is 58.0. The zero-order chi connectivity index (χ0) is 8.41. The van der Waals surface area contributed by atoms with Crippen molar-refractivity contribution < 1.29 is 96.0 Å². The predicted octanol–water partition coefficient (Wildman–Crippen LogP) is -8.35. The molecule has 0 spiro atoms. The summed E-state index contributed by atoms with van der Waals surface area (Å²) in [6, 6.07) is 0.